The van der Waals surface area contributed by atoms with Crippen LogP contribution in [0.3, 0.4) is 0 Å². The lowest BCUT2D eigenvalue weighted by atomic mass is 10.1. The van der Waals surface area contributed by atoms with Crippen LogP contribution in [0.5, 0.6) is 0 Å². The molecule has 1 heterocycles. The van der Waals surface area contributed by atoms with Gasteiger partial charge < -0.3 is 10.3 Å². The fourth-order valence-electron chi connectivity index (χ4n) is 2.22. The van der Waals surface area contributed by atoms with E-state index in [1.165, 1.54) is 0 Å². The third kappa shape index (κ3) is 3.81. The van der Waals surface area contributed by atoms with Gasteiger partial charge in [0.2, 0.25) is 0 Å². The van der Waals surface area contributed by atoms with Crippen molar-refractivity contribution >= 4 is 5.91 Å². The summed E-state index contributed by atoms with van der Waals surface area (Å²) in [5.74, 6) is -0.341. The molecule has 2 aromatic rings. The molecule has 0 spiro atoms. The Bertz CT molecular complexity index is 675. The van der Waals surface area contributed by atoms with Crippen molar-refractivity contribution in [3.63, 3.8) is 0 Å². The molecule has 0 aliphatic carbocycles. The van der Waals surface area contributed by atoms with Crippen LogP contribution in [-0.4, -0.2) is 10.9 Å². The van der Waals surface area contributed by atoms with Gasteiger partial charge >= 0.3 is 0 Å². The molecule has 4 heteroatoms. The van der Waals surface area contributed by atoms with Crippen molar-refractivity contribution in [3.05, 3.63) is 69.1 Å². The summed E-state index contributed by atoms with van der Waals surface area (Å²) in [5, 5.41) is 2.78. The van der Waals surface area contributed by atoms with Gasteiger partial charge in [0.25, 0.3) is 11.5 Å². The molecule has 2 N–H and O–H groups in total. The maximum atomic E-state index is 12.1. The Morgan fingerprint density at radius 1 is 1.24 bits per heavy atom. The normalized spacial score (nSPS) is 10.4. The van der Waals surface area contributed by atoms with Crippen molar-refractivity contribution in [2.24, 2.45) is 0 Å². The van der Waals surface area contributed by atoms with Gasteiger partial charge in [-0.05, 0) is 30.5 Å². The number of carbonyl (C=O) groups excluding carboxylic acids is 1. The molecule has 0 aliphatic rings. The largest absolute Gasteiger partial charge is 0.348 e. The molecule has 21 heavy (non-hydrogen) atoms. The molecule has 0 atom stereocenters. The Kier molecular flexibility index (Phi) is 4.93. The van der Waals surface area contributed by atoms with E-state index in [0.29, 0.717) is 6.54 Å². The van der Waals surface area contributed by atoms with Gasteiger partial charge in [0.05, 0.1) is 0 Å². The van der Waals surface area contributed by atoms with Gasteiger partial charge in [-0.2, -0.15) is 0 Å². The Balaban J connectivity index is 2.12. The van der Waals surface area contributed by atoms with E-state index in [-0.39, 0.29) is 17.0 Å². The number of aromatic amines is 1. The molecule has 1 aromatic heterocycles. The molecule has 0 saturated carbocycles. The molecular formula is C17H20N2O2. The van der Waals surface area contributed by atoms with Crippen molar-refractivity contribution in [3.8, 4) is 0 Å². The standard InChI is InChI=1S/C17H20N2O2/c1-3-7-15-12(2)10-14(17(21)19-15)16(20)18-11-13-8-5-4-6-9-13/h4-6,8-10H,3,7,11H2,1-2H3,(H,18,20)(H,19,21). The molecule has 1 aromatic carbocycles. The second-order valence-electron chi connectivity index (χ2n) is 5.09. The van der Waals surface area contributed by atoms with Crippen LogP contribution in [-0.2, 0) is 13.0 Å². The van der Waals surface area contributed by atoms with Gasteiger partial charge in [-0.3, -0.25) is 9.59 Å². The van der Waals surface area contributed by atoms with Crippen molar-refractivity contribution in [1.82, 2.24) is 10.3 Å². The van der Waals surface area contributed by atoms with Crippen LogP contribution in [0.2, 0.25) is 0 Å². The smallest absolute Gasteiger partial charge is 0.261 e. The number of benzene rings is 1. The van der Waals surface area contributed by atoms with E-state index in [4.69, 9.17) is 0 Å². The Morgan fingerprint density at radius 3 is 2.62 bits per heavy atom. The Labute approximate surface area is 124 Å². The van der Waals surface area contributed by atoms with Crippen molar-refractivity contribution < 1.29 is 4.79 Å². The first-order chi connectivity index (χ1) is 10.1. The highest BCUT2D eigenvalue weighted by Gasteiger charge is 2.12. The van der Waals surface area contributed by atoms with Gasteiger partial charge in [-0.1, -0.05) is 43.7 Å². The number of pyridine rings is 1. The zero-order valence-electron chi connectivity index (χ0n) is 12.4. The highest BCUT2D eigenvalue weighted by atomic mass is 16.2. The highest BCUT2D eigenvalue weighted by molar-refractivity contribution is 5.93. The fourth-order valence-corrected chi connectivity index (χ4v) is 2.22. The minimum absolute atomic E-state index is 0.170. The van der Waals surface area contributed by atoms with Crippen LogP contribution in [0.4, 0.5) is 0 Å². The predicted octanol–water partition coefficient (Wildman–Crippen LogP) is 2.57. The summed E-state index contributed by atoms with van der Waals surface area (Å²) >= 11 is 0. The third-order valence-electron chi connectivity index (χ3n) is 3.39. The second kappa shape index (κ2) is 6.88. The summed E-state index contributed by atoms with van der Waals surface area (Å²) in [7, 11) is 0. The van der Waals surface area contributed by atoms with Gasteiger partial charge in [0.15, 0.2) is 0 Å². The number of nitrogens with one attached hydrogen (secondary N) is 2. The SMILES string of the molecule is CCCc1[nH]c(=O)c(C(=O)NCc2ccccc2)cc1C. The maximum absolute atomic E-state index is 12.1. The van der Waals surface area contributed by atoms with Crippen molar-refractivity contribution in [2.75, 3.05) is 0 Å². The van der Waals surface area contributed by atoms with E-state index in [1.54, 1.807) is 6.07 Å². The summed E-state index contributed by atoms with van der Waals surface area (Å²) < 4.78 is 0. The molecule has 0 aliphatic heterocycles. The minimum Gasteiger partial charge on any atom is -0.348 e. The lowest BCUT2D eigenvalue weighted by molar-refractivity contribution is 0.0949. The molecule has 110 valence electrons. The van der Waals surface area contributed by atoms with Crippen molar-refractivity contribution in [1.29, 1.82) is 0 Å². The molecule has 0 radical (unpaired) electrons. The van der Waals surface area contributed by atoms with E-state index in [2.05, 4.69) is 17.2 Å². The number of amides is 1. The van der Waals surface area contributed by atoms with Crippen LogP contribution < -0.4 is 10.9 Å². The number of carbonyl (C=O) groups is 1. The van der Waals surface area contributed by atoms with Crippen LogP contribution in [0.25, 0.3) is 0 Å². The fraction of sp³-hybridized carbons (Fsp3) is 0.294. The van der Waals surface area contributed by atoms with Crippen molar-refractivity contribution in [2.45, 2.75) is 33.2 Å². The van der Waals surface area contributed by atoms with E-state index < -0.39 is 0 Å². The van der Waals surface area contributed by atoms with Crippen LogP contribution in [0.1, 0.15) is 40.5 Å². The monoisotopic (exact) mass is 284 g/mol. The summed E-state index contributed by atoms with van der Waals surface area (Å²) in [4.78, 5) is 26.9. The average molecular weight is 284 g/mol. The minimum atomic E-state index is -0.341. The number of aromatic nitrogens is 1. The lowest BCUT2D eigenvalue weighted by Crippen LogP contribution is -2.30. The zero-order chi connectivity index (χ0) is 15.2. The van der Waals surface area contributed by atoms with E-state index >= 15 is 0 Å². The summed E-state index contributed by atoms with van der Waals surface area (Å²) in [6.07, 6.45) is 1.77. The number of hydrogen-bond acceptors (Lipinski definition) is 2. The van der Waals surface area contributed by atoms with Crippen LogP contribution >= 0.6 is 0 Å². The second-order valence-corrected chi connectivity index (χ2v) is 5.09. The topological polar surface area (TPSA) is 62.0 Å². The first-order valence-electron chi connectivity index (χ1n) is 7.16. The predicted molar refractivity (Wildman–Crippen MR) is 83.4 cm³/mol. The highest BCUT2D eigenvalue weighted by Crippen LogP contribution is 2.07. The zero-order valence-corrected chi connectivity index (χ0v) is 12.4. The molecule has 2 rings (SSSR count). The first kappa shape index (κ1) is 15.0. The van der Waals surface area contributed by atoms with Gasteiger partial charge in [-0.15, -0.1) is 0 Å². The Hall–Kier alpha value is -2.36. The molecule has 0 fully saturated rings. The van der Waals surface area contributed by atoms with Gasteiger partial charge in [-0.25, -0.2) is 0 Å². The van der Waals surface area contributed by atoms with Crippen LogP contribution in [0.15, 0.2) is 41.2 Å². The lowest BCUT2D eigenvalue weighted by Gasteiger charge is -2.08. The number of hydrogen-bond donors (Lipinski definition) is 2. The number of H-pyrrole nitrogens is 1. The molecule has 0 unspecified atom stereocenters. The van der Waals surface area contributed by atoms with E-state index in [9.17, 15) is 9.59 Å². The Morgan fingerprint density at radius 2 is 1.95 bits per heavy atom. The first-order valence-corrected chi connectivity index (χ1v) is 7.16. The molecule has 0 bridgehead atoms. The van der Waals surface area contributed by atoms with Gasteiger partial charge in [0.1, 0.15) is 5.56 Å². The van der Waals surface area contributed by atoms with E-state index in [1.807, 2.05) is 37.3 Å². The summed E-state index contributed by atoms with van der Waals surface area (Å²) in [6.45, 7) is 4.38. The maximum Gasteiger partial charge on any atom is 0.261 e. The average Bonchev–Trinajstić information content (AvgIpc) is 2.49. The molecular weight excluding hydrogens is 264 g/mol. The van der Waals surface area contributed by atoms with Gasteiger partial charge in [0, 0.05) is 12.2 Å². The van der Waals surface area contributed by atoms with Crippen LogP contribution in [0, 0.1) is 6.92 Å². The van der Waals surface area contributed by atoms with E-state index in [0.717, 1.165) is 29.7 Å². The number of aryl methyl sites for hydroxylation is 2. The summed E-state index contributed by atoms with van der Waals surface area (Å²) in [6, 6.07) is 11.3. The third-order valence-corrected chi connectivity index (χ3v) is 3.39. The molecule has 0 saturated heterocycles. The molecule has 1 amide bonds. The quantitative estimate of drug-likeness (QED) is 0.886. The summed E-state index contributed by atoms with van der Waals surface area (Å²) in [5.41, 5.74) is 2.70. The molecule has 4 nitrogen and oxygen atoms in total. The number of rotatable bonds is 5.